The van der Waals surface area contributed by atoms with Gasteiger partial charge in [-0.15, -0.1) is 0 Å². The Hall–Kier alpha value is -2.30. The molecule has 1 aromatic carbocycles. The number of nitrogens with zero attached hydrogens (tertiary/aromatic N) is 2. The standard InChI is InChI=1S/C18H23N3O2/c1-12-3-8-17(21-11-13(2)10-19-21)16(9-12)20-15-6-4-14(5-7-15)18(22)23/h3,8-11,14-15,20H,4-7H2,1-2H3,(H,22,23). The van der Waals surface area contributed by atoms with Crippen LogP contribution in [0.3, 0.4) is 0 Å². The summed E-state index contributed by atoms with van der Waals surface area (Å²) >= 11 is 0. The van der Waals surface area contributed by atoms with Gasteiger partial charge < -0.3 is 10.4 Å². The first-order valence-electron chi connectivity index (χ1n) is 8.14. The molecule has 0 spiro atoms. The highest BCUT2D eigenvalue weighted by atomic mass is 16.4. The van der Waals surface area contributed by atoms with Gasteiger partial charge in [-0.1, -0.05) is 6.07 Å². The van der Waals surface area contributed by atoms with Gasteiger partial charge in [0.2, 0.25) is 0 Å². The second-order valence-corrected chi connectivity index (χ2v) is 6.51. The number of carboxylic acids is 1. The van der Waals surface area contributed by atoms with Gasteiger partial charge in [-0.05, 0) is 62.8 Å². The van der Waals surface area contributed by atoms with Crippen molar-refractivity contribution in [3.05, 3.63) is 41.7 Å². The molecule has 23 heavy (non-hydrogen) atoms. The average molecular weight is 313 g/mol. The molecule has 122 valence electrons. The summed E-state index contributed by atoms with van der Waals surface area (Å²) in [5.41, 5.74) is 4.41. The van der Waals surface area contributed by atoms with Crippen molar-refractivity contribution >= 4 is 11.7 Å². The van der Waals surface area contributed by atoms with E-state index in [2.05, 4.69) is 35.5 Å². The average Bonchev–Trinajstić information content (AvgIpc) is 2.94. The molecule has 1 aromatic heterocycles. The number of rotatable bonds is 4. The monoisotopic (exact) mass is 313 g/mol. The Labute approximate surface area is 136 Å². The smallest absolute Gasteiger partial charge is 0.306 e. The van der Waals surface area contributed by atoms with Crippen LogP contribution in [0.4, 0.5) is 5.69 Å². The topological polar surface area (TPSA) is 67.2 Å². The SMILES string of the molecule is Cc1ccc(-n2cc(C)cn2)c(NC2CCC(C(=O)O)CC2)c1. The molecule has 0 bridgehead atoms. The Kier molecular flexibility index (Phi) is 4.37. The van der Waals surface area contributed by atoms with E-state index < -0.39 is 5.97 Å². The van der Waals surface area contributed by atoms with Gasteiger partial charge in [-0.3, -0.25) is 4.79 Å². The van der Waals surface area contributed by atoms with Crippen LogP contribution in [-0.4, -0.2) is 26.9 Å². The van der Waals surface area contributed by atoms with Crippen LogP contribution in [-0.2, 0) is 4.79 Å². The third kappa shape index (κ3) is 3.55. The van der Waals surface area contributed by atoms with Crippen molar-refractivity contribution in [1.82, 2.24) is 9.78 Å². The zero-order chi connectivity index (χ0) is 16.4. The fraction of sp³-hybridized carbons (Fsp3) is 0.444. The van der Waals surface area contributed by atoms with E-state index in [0.29, 0.717) is 6.04 Å². The summed E-state index contributed by atoms with van der Waals surface area (Å²) in [6, 6.07) is 6.62. The number of aliphatic carboxylic acids is 1. The van der Waals surface area contributed by atoms with Gasteiger partial charge in [0.15, 0.2) is 0 Å². The highest BCUT2D eigenvalue weighted by molar-refractivity contribution is 5.70. The molecule has 1 aliphatic rings. The lowest BCUT2D eigenvalue weighted by Gasteiger charge is -2.28. The molecule has 2 aromatic rings. The molecule has 1 aliphatic carbocycles. The number of hydrogen-bond donors (Lipinski definition) is 2. The Balaban J connectivity index is 1.77. The summed E-state index contributed by atoms with van der Waals surface area (Å²) in [5.74, 6) is -0.842. The Morgan fingerprint density at radius 1 is 1.22 bits per heavy atom. The summed E-state index contributed by atoms with van der Waals surface area (Å²) in [4.78, 5) is 11.1. The third-order valence-corrected chi connectivity index (χ3v) is 4.55. The fourth-order valence-corrected chi connectivity index (χ4v) is 3.21. The van der Waals surface area contributed by atoms with Crippen LogP contribution in [0.1, 0.15) is 36.8 Å². The molecule has 0 atom stereocenters. The van der Waals surface area contributed by atoms with Gasteiger partial charge in [0, 0.05) is 12.2 Å². The number of anilines is 1. The highest BCUT2D eigenvalue weighted by Crippen LogP contribution is 2.29. The number of carbonyl (C=O) groups is 1. The summed E-state index contributed by atoms with van der Waals surface area (Å²) in [6.07, 6.45) is 7.13. The quantitative estimate of drug-likeness (QED) is 0.906. The van der Waals surface area contributed by atoms with E-state index in [-0.39, 0.29) is 5.92 Å². The van der Waals surface area contributed by atoms with E-state index in [4.69, 9.17) is 5.11 Å². The van der Waals surface area contributed by atoms with Gasteiger partial charge in [0.05, 0.1) is 23.5 Å². The molecule has 3 rings (SSSR count). The van der Waals surface area contributed by atoms with Gasteiger partial charge in [0.25, 0.3) is 0 Å². The van der Waals surface area contributed by atoms with Crippen molar-refractivity contribution < 1.29 is 9.90 Å². The first kappa shape index (κ1) is 15.6. The van der Waals surface area contributed by atoms with Crippen LogP contribution >= 0.6 is 0 Å². The normalized spacial score (nSPS) is 21.1. The molecule has 0 amide bonds. The van der Waals surface area contributed by atoms with Crippen LogP contribution in [0.15, 0.2) is 30.6 Å². The lowest BCUT2D eigenvalue weighted by atomic mass is 9.86. The second-order valence-electron chi connectivity index (χ2n) is 6.51. The number of aromatic nitrogens is 2. The number of carboxylic acid groups (broad SMARTS) is 1. The predicted octanol–water partition coefficient (Wildman–Crippen LogP) is 3.54. The zero-order valence-corrected chi connectivity index (χ0v) is 13.6. The molecule has 0 saturated heterocycles. The lowest BCUT2D eigenvalue weighted by molar-refractivity contribution is -0.142. The van der Waals surface area contributed by atoms with Crippen molar-refractivity contribution in [3.63, 3.8) is 0 Å². The van der Waals surface area contributed by atoms with Crippen molar-refractivity contribution in [2.45, 2.75) is 45.6 Å². The molecule has 2 N–H and O–H groups in total. The van der Waals surface area contributed by atoms with Crippen molar-refractivity contribution in [2.24, 2.45) is 5.92 Å². The molecular formula is C18H23N3O2. The van der Waals surface area contributed by atoms with Crippen LogP contribution in [0.5, 0.6) is 0 Å². The fourth-order valence-electron chi connectivity index (χ4n) is 3.21. The number of nitrogens with one attached hydrogen (secondary N) is 1. The Morgan fingerprint density at radius 2 is 1.96 bits per heavy atom. The van der Waals surface area contributed by atoms with E-state index in [1.165, 1.54) is 5.56 Å². The van der Waals surface area contributed by atoms with Gasteiger partial charge >= 0.3 is 5.97 Å². The number of benzene rings is 1. The van der Waals surface area contributed by atoms with Crippen LogP contribution in [0.25, 0.3) is 5.69 Å². The summed E-state index contributed by atoms with van der Waals surface area (Å²) in [7, 11) is 0. The number of hydrogen-bond acceptors (Lipinski definition) is 3. The predicted molar refractivity (Wildman–Crippen MR) is 90.0 cm³/mol. The molecule has 5 heteroatoms. The van der Waals surface area contributed by atoms with Crippen LogP contribution in [0.2, 0.25) is 0 Å². The number of aryl methyl sites for hydroxylation is 2. The van der Waals surface area contributed by atoms with Gasteiger partial charge in [-0.2, -0.15) is 5.10 Å². The van der Waals surface area contributed by atoms with E-state index in [1.54, 1.807) is 0 Å². The maximum Gasteiger partial charge on any atom is 0.306 e. The molecular weight excluding hydrogens is 290 g/mol. The van der Waals surface area contributed by atoms with Gasteiger partial charge in [0.1, 0.15) is 0 Å². The van der Waals surface area contributed by atoms with E-state index in [1.807, 2.05) is 24.0 Å². The van der Waals surface area contributed by atoms with E-state index in [0.717, 1.165) is 42.6 Å². The van der Waals surface area contributed by atoms with E-state index >= 15 is 0 Å². The summed E-state index contributed by atoms with van der Waals surface area (Å²) in [6.45, 7) is 4.10. The molecule has 1 fully saturated rings. The van der Waals surface area contributed by atoms with Crippen LogP contribution in [0, 0.1) is 19.8 Å². The Morgan fingerprint density at radius 3 is 2.57 bits per heavy atom. The molecule has 0 unspecified atom stereocenters. The highest BCUT2D eigenvalue weighted by Gasteiger charge is 2.26. The minimum Gasteiger partial charge on any atom is -0.481 e. The molecule has 1 heterocycles. The zero-order valence-electron chi connectivity index (χ0n) is 13.6. The Bertz CT molecular complexity index is 700. The third-order valence-electron chi connectivity index (χ3n) is 4.55. The minimum absolute atomic E-state index is 0.182. The maximum absolute atomic E-state index is 11.1. The summed E-state index contributed by atoms with van der Waals surface area (Å²) in [5, 5.41) is 17.1. The van der Waals surface area contributed by atoms with Crippen molar-refractivity contribution in [3.8, 4) is 5.69 Å². The first-order valence-corrected chi connectivity index (χ1v) is 8.14. The molecule has 0 aliphatic heterocycles. The minimum atomic E-state index is -0.660. The maximum atomic E-state index is 11.1. The van der Waals surface area contributed by atoms with Crippen molar-refractivity contribution in [1.29, 1.82) is 0 Å². The first-order chi connectivity index (χ1) is 11.0. The molecule has 0 radical (unpaired) electrons. The second kappa shape index (κ2) is 6.44. The molecule has 1 saturated carbocycles. The molecule has 5 nitrogen and oxygen atoms in total. The largest absolute Gasteiger partial charge is 0.481 e. The van der Waals surface area contributed by atoms with E-state index in [9.17, 15) is 4.79 Å². The van der Waals surface area contributed by atoms with Gasteiger partial charge in [-0.25, -0.2) is 4.68 Å². The van der Waals surface area contributed by atoms with Crippen molar-refractivity contribution in [2.75, 3.05) is 5.32 Å². The van der Waals surface area contributed by atoms with Crippen LogP contribution < -0.4 is 5.32 Å². The summed E-state index contributed by atoms with van der Waals surface area (Å²) < 4.78 is 1.89. The lowest BCUT2D eigenvalue weighted by Crippen LogP contribution is -2.29.